The van der Waals surface area contributed by atoms with Crippen LogP contribution >= 0.6 is 0 Å². The normalized spacial score (nSPS) is 15.3. The fourth-order valence-electron chi connectivity index (χ4n) is 3.61. The Morgan fingerprint density at radius 3 is 2.47 bits per heavy atom. The highest BCUT2D eigenvalue weighted by Crippen LogP contribution is 2.20. The van der Waals surface area contributed by atoms with E-state index in [1.807, 2.05) is 36.4 Å². The summed E-state index contributed by atoms with van der Waals surface area (Å²) >= 11 is 0. The molecule has 7 nitrogen and oxygen atoms in total. The minimum Gasteiger partial charge on any atom is -0.273 e. The zero-order valence-electron chi connectivity index (χ0n) is 16.4. The van der Waals surface area contributed by atoms with Gasteiger partial charge in [-0.3, -0.25) is 25.2 Å². The van der Waals surface area contributed by atoms with Crippen molar-refractivity contribution in [3.05, 3.63) is 88.4 Å². The first-order valence-corrected chi connectivity index (χ1v) is 9.91. The van der Waals surface area contributed by atoms with Crippen LogP contribution in [0.5, 0.6) is 0 Å². The molecule has 1 aromatic heterocycles. The fourth-order valence-corrected chi connectivity index (χ4v) is 3.61. The lowest BCUT2D eigenvalue weighted by atomic mass is 10.1. The molecule has 0 fully saturated rings. The zero-order valence-corrected chi connectivity index (χ0v) is 16.4. The summed E-state index contributed by atoms with van der Waals surface area (Å²) < 4.78 is 1.28. The standard InChI is InChI=1S/C23H22N4O3/c28-20(14-16-8-4-5-9-16)24-25-22(29)21-18-12-6-7-13-19(18)23(30)27(26-21)15-17-10-2-1-3-11-17/h1-4,6-8,10-13,16H,5,9,14-15H2,(H,24,28)(H,25,29)/t16-/m0/s1. The van der Waals surface area contributed by atoms with Gasteiger partial charge in [-0.05, 0) is 30.4 Å². The number of hydrogen-bond acceptors (Lipinski definition) is 4. The van der Waals surface area contributed by atoms with Gasteiger partial charge in [-0.15, -0.1) is 0 Å². The number of rotatable bonds is 5. The van der Waals surface area contributed by atoms with Crippen molar-refractivity contribution in [3.8, 4) is 0 Å². The van der Waals surface area contributed by atoms with E-state index in [2.05, 4.69) is 22.0 Å². The van der Waals surface area contributed by atoms with Gasteiger partial charge in [0.25, 0.3) is 11.5 Å². The molecule has 0 unspecified atom stereocenters. The van der Waals surface area contributed by atoms with Crippen LogP contribution in [-0.2, 0) is 11.3 Å². The number of carbonyl (C=O) groups excluding carboxylic acids is 2. The molecule has 4 rings (SSSR count). The molecule has 0 bridgehead atoms. The second kappa shape index (κ2) is 8.73. The van der Waals surface area contributed by atoms with E-state index in [1.54, 1.807) is 24.3 Å². The number of nitrogens with zero attached hydrogens (tertiary/aromatic N) is 2. The van der Waals surface area contributed by atoms with Crippen LogP contribution in [0.1, 0.15) is 35.3 Å². The molecule has 1 aliphatic carbocycles. The number of fused-ring (bicyclic) bond motifs is 1. The molecule has 7 heteroatoms. The number of hydrogen-bond donors (Lipinski definition) is 2. The summed E-state index contributed by atoms with van der Waals surface area (Å²) in [6.07, 6.45) is 6.32. The van der Waals surface area contributed by atoms with Gasteiger partial charge in [0.05, 0.1) is 11.9 Å². The van der Waals surface area contributed by atoms with Crippen LogP contribution < -0.4 is 16.4 Å². The van der Waals surface area contributed by atoms with E-state index in [0.29, 0.717) is 17.2 Å². The van der Waals surface area contributed by atoms with E-state index in [0.717, 1.165) is 18.4 Å². The highest BCUT2D eigenvalue weighted by atomic mass is 16.2. The molecule has 1 atom stereocenters. The van der Waals surface area contributed by atoms with Crippen molar-refractivity contribution in [1.82, 2.24) is 20.6 Å². The summed E-state index contributed by atoms with van der Waals surface area (Å²) in [4.78, 5) is 37.8. The number of carbonyl (C=O) groups is 2. The second-order valence-electron chi connectivity index (χ2n) is 7.31. The fraction of sp³-hybridized carbons (Fsp3) is 0.217. The molecular formula is C23H22N4O3. The van der Waals surface area contributed by atoms with Gasteiger partial charge in [0.15, 0.2) is 5.69 Å². The third kappa shape index (κ3) is 4.30. The predicted octanol–water partition coefficient (Wildman–Crippen LogP) is 2.56. The van der Waals surface area contributed by atoms with E-state index in [-0.39, 0.29) is 29.6 Å². The molecule has 2 aromatic carbocycles. The Bertz CT molecular complexity index is 1170. The van der Waals surface area contributed by atoms with Crippen LogP contribution in [0.4, 0.5) is 0 Å². The van der Waals surface area contributed by atoms with E-state index in [9.17, 15) is 14.4 Å². The number of nitrogens with one attached hydrogen (secondary N) is 2. The molecule has 0 radical (unpaired) electrons. The Morgan fingerprint density at radius 2 is 1.73 bits per heavy atom. The molecule has 152 valence electrons. The van der Waals surface area contributed by atoms with Gasteiger partial charge in [-0.1, -0.05) is 60.7 Å². The highest BCUT2D eigenvalue weighted by molar-refractivity contribution is 6.05. The first kappa shape index (κ1) is 19.6. The summed E-state index contributed by atoms with van der Waals surface area (Å²) in [5.41, 5.74) is 5.60. The maximum atomic E-state index is 12.9. The number of hydrazine groups is 1. The SMILES string of the molecule is O=C(C[C@H]1C=CCC1)NNC(=O)c1nn(Cc2ccccc2)c(=O)c2ccccc12. The lowest BCUT2D eigenvalue weighted by molar-refractivity contribution is -0.122. The Kier molecular flexibility index (Phi) is 5.70. The summed E-state index contributed by atoms with van der Waals surface area (Å²) in [7, 11) is 0. The molecule has 0 saturated heterocycles. The van der Waals surface area contributed by atoms with Gasteiger partial charge < -0.3 is 0 Å². The van der Waals surface area contributed by atoms with Gasteiger partial charge in [0.1, 0.15) is 0 Å². The number of allylic oxidation sites excluding steroid dienone is 2. The molecule has 1 aliphatic rings. The molecule has 30 heavy (non-hydrogen) atoms. The summed E-state index contributed by atoms with van der Waals surface area (Å²) in [6.45, 7) is 0.241. The molecule has 2 amide bonds. The van der Waals surface area contributed by atoms with Crippen LogP contribution in [0.25, 0.3) is 10.8 Å². The third-order valence-corrected chi connectivity index (χ3v) is 5.13. The minimum atomic E-state index is -0.566. The Balaban J connectivity index is 1.58. The van der Waals surface area contributed by atoms with Crippen molar-refractivity contribution >= 4 is 22.6 Å². The van der Waals surface area contributed by atoms with Crippen molar-refractivity contribution < 1.29 is 9.59 Å². The minimum absolute atomic E-state index is 0.0854. The average Bonchev–Trinajstić information content (AvgIpc) is 3.28. The largest absolute Gasteiger partial charge is 0.290 e. The average molecular weight is 402 g/mol. The Morgan fingerprint density at radius 1 is 1.00 bits per heavy atom. The van der Waals surface area contributed by atoms with Crippen LogP contribution in [0.2, 0.25) is 0 Å². The molecule has 0 spiro atoms. The molecule has 2 N–H and O–H groups in total. The van der Waals surface area contributed by atoms with E-state index < -0.39 is 5.91 Å². The van der Waals surface area contributed by atoms with E-state index in [4.69, 9.17) is 0 Å². The topological polar surface area (TPSA) is 93.1 Å². The smallest absolute Gasteiger partial charge is 0.273 e. The van der Waals surface area contributed by atoms with Crippen molar-refractivity contribution in [1.29, 1.82) is 0 Å². The van der Waals surface area contributed by atoms with Crippen molar-refractivity contribution in [3.63, 3.8) is 0 Å². The molecule has 1 heterocycles. The van der Waals surface area contributed by atoms with Crippen molar-refractivity contribution in [2.24, 2.45) is 5.92 Å². The first-order chi connectivity index (χ1) is 14.6. The molecule has 0 aliphatic heterocycles. The maximum Gasteiger partial charge on any atom is 0.290 e. The van der Waals surface area contributed by atoms with Crippen LogP contribution in [0, 0.1) is 5.92 Å². The second-order valence-corrected chi connectivity index (χ2v) is 7.31. The third-order valence-electron chi connectivity index (χ3n) is 5.13. The number of benzene rings is 2. The Labute approximate surface area is 173 Å². The van der Waals surface area contributed by atoms with E-state index in [1.165, 1.54) is 4.68 Å². The van der Waals surface area contributed by atoms with Crippen molar-refractivity contribution in [2.45, 2.75) is 25.8 Å². The highest BCUT2D eigenvalue weighted by Gasteiger charge is 2.19. The van der Waals surface area contributed by atoms with E-state index >= 15 is 0 Å². The van der Waals surface area contributed by atoms with Crippen LogP contribution in [0.3, 0.4) is 0 Å². The molecule has 3 aromatic rings. The lowest BCUT2D eigenvalue weighted by Gasteiger charge is -2.13. The first-order valence-electron chi connectivity index (χ1n) is 9.91. The van der Waals surface area contributed by atoms with Gasteiger partial charge in [-0.25, -0.2) is 4.68 Å². The lowest BCUT2D eigenvalue weighted by Crippen LogP contribution is -2.43. The molecule has 0 saturated carbocycles. The Hall–Kier alpha value is -3.74. The van der Waals surface area contributed by atoms with Crippen LogP contribution in [0.15, 0.2) is 71.5 Å². The molecular weight excluding hydrogens is 380 g/mol. The predicted molar refractivity (Wildman–Crippen MR) is 114 cm³/mol. The monoisotopic (exact) mass is 402 g/mol. The van der Waals surface area contributed by atoms with Gasteiger partial charge in [-0.2, -0.15) is 5.10 Å². The zero-order chi connectivity index (χ0) is 20.9. The van der Waals surface area contributed by atoms with Gasteiger partial charge in [0.2, 0.25) is 5.91 Å². The van der Waals surface area contributed by atoms with Crippen LogP contribution in [-0.4, -0.2) is 21.6 Å². The quantitative estimate of drug-likeness (QED) is 0.507. The van der Waals surface area contributed by atoms with Gasteiger partial charge in [0, 0.05) is 11.8 Å². The maximum absolute atomic E-state index is 12.9. The summed E-state index contributed by atoms with van der Waals surface area (Å²) in [5.74, 6) is -0.626. The summed E-state index contributed by atoms with van der Waals surface area (Å²) in [5, 5.41) is 5.15. The summed E-state index contributed by atoms with van der Waals surface area (Å²) in [6, 6.07) is 16.3. The number of amides is 2. The number of aromatic nitrogens is 2. The van der Waals surface area contributed by atoms with Crippen molar-refractivity contribution in [2.75, 3.05) is 0 Å². The van der Waals surface area contributed by atoms with Gasteiger partial charge >= 0.3 is 0 Å².